The number of aryl methyl sites for hydroxylation is 1. The monoisotopic (exact) mass is 480 g/mol. The zero-order valence-corrected chi connectivity index (χ0v) is 19.7. The lowest BCUT2D eigenvalue weighted by Crippen LogP contribution is -2.58. The van der Waals surface area contributed by atoms with Gasteiger partial charge in [0, 0.05) is 48.1 Å². The number of aromatic hydroxyl groups is 1. The van der Waals surface area contributed by atoms with Crippen molar-refractivity contribution in [2.45, 2.75) is 75.3 Å². The number of piperidine rings is 1. The van der Waals surface area contributed by atoms with Crippen LogP contribution in [0.15, 0.2) is 36.9 Å². The third-order valence-corrected chi connectivity index (χ3v) is 7.91. The first-order valence-electron chi connectivity index (χ1n) is 12.5. The van der Waals surface area contributed by atoms with Gasteiger partial charge in [-0.2, -0.15) is 5.10 Å². The second-order valence-corrected chi connectivity index (χ2v) is 10.2. The van der Waals surface area contributed by atoms with E-state index in [2.05, 4.69) is 25.3 Å². The first-order chi connectivity index (χ1) is 17.0. The summed E-state index contributed by atoms with van der Waals surface area (Å²) in [4.78, 5) is 11.4. The molecule has 2 aliphatic heterocycles. The van der Waals surface area contributed by atoms with E-state index in [1.165, 1.54) is 12.1 Å². The number of phenolic OH excluding ortho intramolecular Hbond substituents is 1. The number of rotatable bonds is 5. The highest BCUT2D eigenvalue weighted by atomic mass is 19.1. The maximum Gasteiger partial charge on any atom is 0.147 e. The van der Waals surface area contributed by atoms with Crippen LogP contribution in [0.1, 0.15) is 44.9 Å². The standard InChI is InChI=1S/C26H30F2N6O/c1-33-14-15(11-31-33)18-10-24(35)19(9-20(18)27)22-12-30-25(13-29-22)34(17-4-2-3-5-17)23-8-16-6-7-21(32-16)26(23)28/h9-14,16-17,21,23,26,32,35H,2-8H2,1H3/t16?,21?,23-,26+/m1/s1. The van der Waals surface area contributed by atoms with Crippen molar-refractivity contribution >= 4 is 5.82 Å². The van der Waals surface area contributed by atoms with E-state index in [1.807, 2.05) is 0 Å². The molecular weight excluding hydrogens is 450 g/mol. The molecule has 35 heavy (non-hydrogen) atoms. The van der Waals surface area contributed by atoms with Gasteiger partial charge in [0.25, 0.3) is 0 Å². The summed E-state index contributed by atoms with van der Waals surface area (Å²) < 4.78 is 32.0. The molecule has 0 radical (unpaired) electrons. The molecule has 1 aromatic carbocycles. The van der Waals surface area contributed by atoms with Gasteiger partial charge < -0.3 is 15.3 Å². The van der Waals surface area contributed by atoms with Crippen molar-refractivity contribution in [2.75, 3.05) is 4.90 Å². The lowest BCUT2D eigenvalue weighted by molar-refractivity contribution is 0.166. The van der Waals surface area contributed by atoms with Crippen LogP contribution in [0.5, 0.6) is 5.75 Å². The number of anilines is 1. The van der Waals surface area contributed by atoms with Gasteiger partial charge in [-0.3, -0.25) is 9.67 Å². The molecule has 1 aliphatic carbocycles. The summed E-state index contributed by atoms with van der Waals surface area (Å²) in [7, 11) is 1.75. The summed E-state index contributed by atoms with van der Waals surface area (Å²) in [5.41, 5.74) is 1.49. The number of hydrogen-bond acceptors (Lipinski definition) is 6. The highest BCUT2D eigenvalue weighted by Gasteiger charge is 2.46. The van der Waals surface area contributed by atoms with Gasteiger partial charge >= 0.3 is 0 Å². The lowest BCUT2D eigenvalue weighted by atomic mass is 9.94. The topological polar surface area (TPSA) is 79.1 Å². The molecule has 2 saturated heterocycles. The van der Waals surface area contributed by atoms with Crippen molar-refractivity contribution in [3.8, 4) is 28.1 Å². The van der Waals surface area contributed by atoms with E-state index in [4.69, 9.17) is 0 Å². The number of aromatic nitrogens is 4. The van der Waals surface area contributed by atoms with Gasteiger partial charge in [0.05, 0.1) is 30.3 Å². The average molecular weight is 481 g/mol. The van der Waals surface area contributed by atoms with Crippen LogP contribution in [0.3, 0.4) is 0 Å². The van der Waals surface area contributed by atoms with Crippen molar-refractivity contribution in [1.29, 1.82) is 0 Å². The summed E-state index contributed by atoms with van der Waals surface area (Å²) in [6, 6.07) is 2.96. The first-order valence-corrected chi connectivity index (χ1v) is 12.5. The van der Waals surface area contributed by atoms with Crippen LogP contribution in [-0.4, -0.2) is 55.2 Å². The fraction of sp³-hybridized carbons (Fsp3) is 0.500. The van der Waals surface area contributed by atoms with E-state index in [1.54, 1.807) is 36.5 Å². The van der Waals surface area contributed by atoms with E-state index in [9.17, 15) is 9.50 Å². The Balaban J connectivity index is 1.31. The van der Waals surface area contributed by atoms with Crippen LogP contribution in [-0.2, 0) is 7.05 Å². The van der Waals surface area contributed by atoms with Crippen LogP contribution in [0.25, 0.3) is 22.4 Å². The van der Waals surface area contributed by atoms with Crippen molar-refractivity contribution in [1.82, 2.24) is 25.1 Å². The van der Waals surface area contributed by atoms with Crippen LogP contribution in [0.2, 0.25) is 0 Å². The molecule has 2 N–H and O–H groups in total. The molecule has 3 fully saturated rings. The number of hydrogen-bond donors (Lipinski definition) is 2. The maximum absolute atomic E-state index is 15.5. The van der Waals surface area contributed by atoms with Gasteiger partial charge in [-0.15, -0.1) is 0 Å². The molecular formula is C26H30F2N6O. The predicted molar refractivity (Wildman–Crippen MR) is 129 cm³/mol. The number of phenols is 1. The molecule has 3 aromatic rings. The molecule has 1 saturated carbocycles. The van der Waals surface area contributed by atoms with E-state index >= 15 is 4.39 Å². The third-order valence-electron chi connectivity index (χ3n) is 7.91. The minimum absolute atomic E-state index is 0.0845. The molecule has 2 aromatic heterocycles. The lowest BCUT2D eigenvalue weighted by Gasteiger charge is -2.43. The molecule has 4 heterocycles. The summed E-state index contributed by atoms with van der Waals surface area (Å²) in [6.45, 7) is 0. The summed E-state index contributed by atoms with van der Waals surface area (Å²) in [5.74, 6) is 0.0926. The molecule has 9 heteroatoms. The summed E-state index contributed by atoms with van der Waals surface area (Å²) in [5, 5.41) is 18.2. The van der Waals surface area contributed by atoms with Crippen LogP contribution < -0.4 is 10.2 Å². The molecule has 3 aliphatic rings. The molecule has 2 bridgehead atoms. The van der Waals surface area contributed by atoms with Crippen molar-refractivity contribution in [3.63, 3.8) is 0 Å². The van der Waals surface area contributed by atoms with Gasteiger partial charge in [-0.25, -0.2) is 13.8 Å². The Morgan fingerprint density at radius 2 is 1.89 bits per heavy atom. The quantitative estimate of drug-likeness (QED) is 0.565. The smallest absolute Gasteiger partial charge is 0.147 e. The summed E-state index contributed by atoms with van der Waals surface area (Å²) >= 11 is 0. The van der Waals surface area contributed by atoms with Crippen LogP contribution in [0.4, 0.5) is 14.6 Å². The Morgan fingerprint density at radius 1 is 1.06 bits per heavy atom. The van der Waals surface area contributed by atoms with Gasteiger partial charge in [0.2, 0.25) is 0 Å². The highest BCUT2D eigenvalue weighted by molar-refractivity contribution is 5.74. The predicted octanol–water partition coefficient (Wildman–Crippen LogP) is 4.37. The van der Waals surface area contributed by atoms with E-state index in [0.29, 0.717) is 23.1 Å². The number of alkyl halides is 1. The fourth-order valence-electron chi connectivity index (χ4n) is 6.20. The van der Waals surface area contributed by atoms with Gasteiger partial charge in [0.1, 0.15) is 23.6 Å². The third kappa shape index (κ3) is 4.05. The Hall–Kier alpha value is -3.07. The zero-order valence-electron chi connectivity index (χ0n) is 19.7. The minimum atomic E-state index is -0.950. The number of nitrogens with one attached hydrogen (secondary N) is 1. The Morgan fingerprint density at radius 3 is 2.60 bits per heavy atom. The molecule has 6 rings (SSSR count). The van der Waals surface area contributed by atoms with Gasteiger partial charge in [-0.1, -0.05) is 12.8 Å². The molecule has 4 atom stereocenters. The second-order valence-electron chi connectivity index (χ2n) is 10.2. The Kier molecular flexibility index (Phi) is 5.67. The van der Waals surface area contributed by atoms with Crippen LogP contribution in [0, 0.1) is 5.82 Å². The highest BCUT2D eigenvalue weighted by Crippen LogP contribution is 2.39. The molecule has 0 spiro atoms. The average Bonchev–Trinajstić information content (AvgIpc) is 3.61. The second kappa shape index (κ2) is 8.86. The van der Waals surface area contributed by atoms with Gasteiger partial charge in [0.15, 0.2) is 0 Å². The molecule has 7 nitrogen and oxygen atoms in total. The Bertz CT molecular complexity index is 1210. The van der Waals surface area contributed by atoms with E-state index < -0.39 is 12.0 Å². The van der Waals surface area contributed by atoms with Crippen molar-refractivity contribution < 1.29 is 13.9 Å². The number of fused-ring (bicyclic) bond motifs is 2. The molecule has 184 valence electrons. The summed E-state index contributed by atoms with van der Waals surface area (Å²) in [6.07, 6.45) is 12.5. The number of halogens is 2. The van der Waals surface area contributed by atoms with Crippen LogP contribution >= 0.6 is 0 Å². The van der Waals surface area contributed by atoms with Crippen molar-refractivity contribution in [3.05, 3.63) is 42.7 Å². The maximum atomic E-state index is 15.5. The minimum Gasteiger partial charge on any atom is -0.507 e. The molecule has 2 unspecified atom stereocenters. The SMILES string of the molecule is Cn1cc(-c2cc(O)c(-c3cnc(N(C4CCCC4)[C@@H]4CC5CCC(N5)[C@@H]4F)cn3)cc2F)cn1. The van der Waals surface area contributed by atoms with E-state index in [-0.39, 0.29) is 35.0 Å². The largest absolute Gasteiger partial charge is 0.507 e. The van der Waals surface area contributed by atoms with Gasteiger partial charge in [-0.05, 0) is 44.2 Å². The zero-order chi connectivity index (χ0) is 24.1. The normalized spacial score (nSPS) is 26.4. The van der Waals surface area contributed by atoms with Crippen molar-refractivity contribution in [2.24, 2.45) is 7.05 Å². The molecule has 0 amide bonds. The number of nitrogens with zero attached hydrogens (tertiary/aromatic N) is 5. The first kappa shape index (κ1) is 22.4. The van der Waals surface area contributed by atoms with E-state index in [0.717, 1.165) is 44.9 Å². The number of benzene rings is 1. The fourth-order valence-corrected chi connectivity index (χ4v) is 6.20. The Labute approximate surface area is 203 Å².